The van der Waals surface area contributed by atoms with E-state index in [9.17, 15) is 14.0 Å². The van der Waals surface area contributed by atoms with Crippen LogP contribution >= 0.6 is 23.4 Å². The molecule has 2 rings (SSSR count). The fourth-order valence-electron chi connectivity index (χ4n) is 2.20. The molecular weight excluding hydrogens is 375 g/mol. The van der Waals surface area contributed by atoms with Gasteiger partial charge >= 0.3 is 0 Å². The Morgan fingerprint density at radius 2 is 1.96 bits per heavy atom. The van der Waals surface area contributed by atoms with Crippen molar-refractivity contribution in [2.24, 2.45) is 0 Å². The maximum absolute atomic E-state index is 13.7. The van der Waals surface area contributed by atoms with Gasteiger partial charge in [0.2, 0.25) is 5.91 Å². The number of amides is 2. The van der Waals surface area contributed by atoms with Gasteiger partial charge in [0.25, 0.3) is 5.91 Å². The van der Waals surface area contributed by atoms with Gasteiger partial charge in [0.05, 0.1) is 17.0 Å². The fourth-order valence-corrected chi connectivity index (χ4v) is 3.18. The predicted octanol–water partition coefficient (Wildman–Crippen LogP) is 4.49. The lowest BCUT2D eigenvalue weighted by Crippen LogP contribution is -2.26. The lowest BCUT2D eigenvalue weighted by Gasteiger charge is -2.11. The largest absolute Gasteiger partial charge is 0.352 e. The van der Waals surface area contributed by atoms with Gasteiger partial charge in [-0.2, -0.15) is 0 Å². The average Bonchev–Trinajstić information content (AvgIpc) is 2.62. The number of anilines is 1. The van der Waals surface area contributed by atoms with E-state index in [2.05, 4.69) is 10.6 Å². The molecule has 0 radical (unpaired) electrons. The highest BCUT2D eigenvalue weighted by atomic mass is 35.5. The molecule has 0 aliphatic heterocycles. The van der Waals surface area contributed by atoms with Crippen molar-refractivity contribution < 1.29 is 14.0 Å². The van der Waals surface area contributed by atoms with Crippen LogP contribution < -0.4 is 10.6 Å². The number of rotatable bonds is 8. The average molecular weight is 395 g/mol. The second-order valence-corrected chi connectivity index (χ2v) is 7.00. The minimum Gasteiger partial charge on any atom is -0.352 e. The van der Waals surface area contributed by atoms with Crippen LogP contribution in [0.15, 0.2) is 42.5 Å². The van der Waals surface area contributed by atoms with E-state index in [1.807, 2.05) is 6.92 Å². The first kappa shape index (κ1) is 20.3. The van der Waals surface area contributed by atoms with Crippen molar-refractivity contribution in [1.29, 1.82) is 0 Å². The zero-order valence-corrected chi connectivity index (χ0v) is 15.9. The summed E-state index contributed by atoms with van der Waals surface area (Å²) in [7, 11) is 0. The van der Waals surface area contributed by atoms with Crippen LogP contribution in [0, 0.1) is 5.82 Å². The van der Waals surface area contributed by atoms with Gasteiger partial charge in [0.1, 0.15) is 5.82 Å². The molecule has 0 atom stereocenters. The molecule has 0 unspecified atom stereocenters. The Kier molecular flexibility index (Phi) is 7.94. The number of hydrogen-bond donors (Lipinski definition) is 2. The molecule has 0 spiro atoms. The number of carbonyl (C=O) groups excluding carboxylic acids is 2. The molecule has 7 heteroatoms. The van der Waals surface area contributed by atoms with Gasteiger partial charge in [-0.05, 0) is 36.2 Å². The minimum atomic E-state index is -0.386. The SMILES string of the molecule is CCCNC(=O)c1ccccc1NC(=O)CSCc1ccc(Cl)cc1F. The Labute approximate surface area is 161 Å². The Hall–Kier alpha value is -2.05. The van der Waals surface area contributed by atoms with Crippen LogP contribution in [0.3, 0.4) is 0 Å². The minimum absolute atomic E-state index is 0.146. The van der Waals surface area contributed by atoms with Gasteiger partial charge in [-0.15, -0.1) is 11.8 Å². The number of para-hydroxylation sites is 1. The van der Waals surface area contributed by atoms with Crippen molar-refractivity contribution in [2.45, 2.75) is 19.1 Å². The molecular formula is C19H20ClFN2O2S. The maximum atomic E-state index is 13.7. The molecule has 0 aromatic heterocycles. The summed E-state index contributed by atoms with van der Waals surface area (Å²) in [6.45, 7) is 2.54. The van der Waals surface area contributed by atoms with E-state index >= 15 is 0 Å². The van der Waals surface area contributed by atoms with Crippen molar-refractivity contribution in [1.82, 2.24) is 5.32 Å². The third-order valence-corrected chi connectivity index (χ3v) is 4.70. The van der Waals surface area contributed by atoms with Crippen LogP contribution in [-0.4, -0.2) is 24.1 Å². The van der Waals surface area contributed by atoms with E-state index in [1.54, 1.807) is 36.4 Å². The molecule has 0 heterocycles. The van der Waals surface area contributed by atoms with Gasteiger partial charge in [0.15, 0.2) is 0 Å². The van der Waals surface area contributed by atoms with E-state index in [1.165, 1.54) is 17.8 Å². The zero-order chi connectivity index (χ0) is 18.9. The van der Waals surface area contributed by atoms with E-state index in [4.69, 9.17) is 11.6 Å². The van der Waals surface area contributed by atoms with E-state index in [0.717, 1.165) is 6.42 Å². The first-order valence-electron chi connectivity index (χ1n) is 8.20. The number of nitrogens with one attached hydrogen (secondary N) is 2. The van der Waals surface area contributed by atoms with E-state index < -0.39 is 0 Å². The van der Waals surface area contributed by atoms with Crippen LogP contribution in [0.25, 0.3) is 0 Å². The first-order chi connectivity index (χ1) is 12.5. The molecule has 2 N–H and O–H groups in total. The molecule has 0 fully saturated rings. The van der Waals surface area contributed by atoms with E-state index in [0.29, 0.717) is 34.1 Å². The Morgan fingerprint density at radius 1 is 1.19 bits per heavy atom. The topological polar surface area (TPSA) is 58.2 Å². The molecule has 0 aliphatic rings. The highest BCUT2D eigenvalue weighted by molar-refractivity contribution is 7.99. The summed E-state index contributed by atoms with van der Waals surface area (Å²) < 4.78 is 13.7. The standard InChI is InChI=1S/C19H20ClFN2O2S/c1-2-9-22-19(25)15-5-3-4-6-17(15)23-18(24)12-26-11-13-7-8-14(20)10-16(13)21/h3-8,10H,2,9,11-12H2,1H3,(H,22,25)(H,23,24). The Bertz CT molecular complexity index is 786. The van der Waals surface area contributed by atoms with Gasteiger partial charge in [0, 0.05) is 17.3 Å². The van der Waals surface area contributed by atoms with Crippen LogP contribution in [0.5, 0.6) is 0 Å². The lowest BCUT2D eigenvalue weighted by atomic mass is 10.1. The summed E-state index contributed by atoms with van der Waals surface area (Å²) in [5.74, 6) is -0.357. The van der Waals surface area contributed by atoms with E-state index in [-0.39, 0.29) is 23.4 Å². The third kappa shape index (κ3) is 6.04. The first-order valence-corrected chi connectivity index (χ1v) is 9.73. The van der Waals surface area contributed by atoms with Crippen molar-refractivity contribution in [3.8, 4) is 0 Å². The number of benzene rings is 2. The molecule has 0 aliphatic carbocycles. The van der Waals surface area contributed by atoms with Crippen LogP contribution in [0.2, 0.25) is 5.02 Å². The lowest BCUT2D eigenvalue weighted by molar-refractivity contribution is -0.113. The van der Waals surface area contributed by atoms with Gasteiger partial charge < -0.3 is 10.6 Å². The third-order valence-electron chi connectivity index (χ3n) is 3.49. The van der Waals surface area contributed by atoms with Crippen molar-refractivity contribution >= 4 is 40.9 Å². The monoisotopic (exact) mass is 394 g/mol. The highest BCUT2D eigenvalue weighted by Crippen LogP contribution is 2.20. The molecule has 4 nitrogen and oxygen atoms in total. The Balaban J connectivity index is 1.90. The van der Waals surface area contributed by atoms with Crippen molar-refractivity contribution in [3.63, 3.8) is 0 Å². The molecule has 0 saturated heterocycles. The maximum Gasteiger partial charge on any atom is 0.253 e. The summed E-state index contributed by atoms with van der Waals surface area (Å²) in [6, 6.07) is 11.3. The molecule has 2 amide bonds. The second-order valence-electron chi connectivity index (χ2n) is 5.58. The molecule has 0 bridgehead atoms. The van der Waals surface area contributed by atoms with Crippen LogP contribution in [0.1, 0.15) is 29.3 Å². The molecule has 26 heavy (non-hydrogen) atoms. The number of thioether (sulfide) groups is 1. The molecule has 2 aromatic carbocycles. The highest BCUT2D eigenvalue weighted by Gasteiger charge is 2.13. The van der Waals surface area contributed by atoms with Crippen molar-refractivity contribution in [3.05, 3.63) is 64.4 Å². The molecule has 0 saturated carbocycles. The van der Waals surface area contributed by atoms with Gasteiger partial charge in [-0.25, -0.2) is 4.39 Å². The van der Waals surface area contributed by atoms with Crippen LogP contribution in [-0.2, 0) is 10.5 Å². The summed E-state index contributed by atoms with van der Waals surface area (Å²) >= 11 is 7.01. The zero-order valence-electron chi connectivity index (χ0n) is 14.4. The molecule has 2 aromatic rings. The summed E-state index contributed by atoms with van der Waals surface area (Å²) in [6.07, 6.45) is 0.832. The predicted molar refractivity (Wildman–Crippen MR) is 105 cm³/mol. The fraction of sp³-hybridized carbons (Fsp3) is 0.263. The summed E-state index contributed by atoms with van der Waals surface area (Å²) in [5.41, 5.74) is 1.37. The number of halogens is 2. The normalized spacial score (nSPS) is 10.4. The smallest absolute Gasteiger partial charge is 0.253 e. The second kappa shape index (κ2) is 10.2. The number of carbonyl (C=O) groups is 2. The van der Waals surface area contributed by atoms with Crippen LogP contribution in [0.4, 0.5) is 10.1 Å². The summed E-state index contributed by atoms with van der Waals surface area (Å²) in [4.78, 5) is 24.3. The Morgan fingerprint density at radius 3 is 2.69 bits per heavy atom. The summed E-state index contributed by atoms with van der Waals surface area (Å²) in [5, 5.41) is 5.87. The number of hydrogen-bond acceptors (Lipinski definition) is 3. The van der Waals surface area contributed by atoms with Gasteiger partial charge in [-0.1, -0.05) is 36.7 Å². The van der Waals surface area contributed by atoms with Crippen molar-refractivity contribution in [2.75, 3.05) is 17.6 Å². The van der Waals surface area contributed by atoms with Gasteiger partial charge in [-0.3, -0.25) is 9.59 Å². The quantitative estimate of drug-likeness (QED) is 0.693. The molecule has 138 valence electrons.